The van der Waals surface area contributed by atoms with E-state index in [9.17, 15) is 4.79 Å². The van der Waals surface area contributed by atoms with Crippen molar-refractivity contribution in [2.24, 2.45) is 0 Å². The van der Waals surface area contributed by atoms with Gasteiger partial charge in [-0.1, -0.05) is 28.1 Å². The van der Waals surface area contributed by atoms with Gasteiger partial charge in [-0.05, 0) is 17.7 Å². The summed E-state index contributed by atoms with van der Waals surface area (Å²) in [6, 6.07) is 9.73. The zero-order chi connectivity index (χ0) is 17.3. The van der Waals surface area contributed by atoms with E-state index in [1.54, 1.807) is 27.4 Å². The van der Waals surface area contributed by atoms with Crippen molar-refractivity contribution >= 4 is 27.5 Å². The fourth-order valence-electron chi connectivity index (χ4n) is 3.10. The lowest BCUT2D eigenvalue weighted by molar-refractivity contribution is -0.116. The van der Waals surface area contributed by atoms with Crippen LogP contribution in [0.5, 0.6) is 17.2 Å². The maximum absolute atomic E-state index is 12.2. The number of hydrogen-bond acceptors (Lipinski definition) is 4. The zero-order valence-electron chi connectivity index (χ0n) is 13.7. The van der Waals surface area contributed by atoms with Gasteiger partial charge in [0.1, 0.15) is 0 Å². The van der Waals surface area contributed by atoms with Crippen LogP contribution in [-0.2, 0) is 4.79 Å². The van der Waals surface area contributed by atoms with Crippen LogP contribution in [0, 0.1) is 0 Å². The maximum Gasteiger partial charge on any atom is 0.225 e. The minimum absolute atomic E-state index is 0.0373. The second-order valence-electron chi connectivity index (χ2n) is 5.46. The molecule has 24 heavy (non-hydrogen) atoms. The molecule has 0 aliphatic carbocycles. The minimum Gasteiger partial charge on any atom is -0.493 e. The van der Waals surface area contributed by atoms with E-state index < -0.39 is 0 Å². The molecule has 0 bridgehead atoms. The maximum atomic E-state index is 12.2. The minimum atomic E-state index is -0.114. The first kappa shape index (κ1) is 16.6. The number of rotatable bonds is 4. The van der Waals surface area contributed by atoms with Crippen molar-refractivity contribution < 1.29 is 19.0 Å². The summed E-state index contributed by atoms with van der Waals surface area (Å²) in [6.07, 6.45) is 0.348. The lowest BCUT2D eigenvalue weighted by atomic mass is 9.84. The molecule has 2 aromatic carbocycles. The van der Waals surface area contributed by atoms with Crippen LogP contribution in [0.15, 0.2) is 34.8 Å². The number of methoxy groups -OCH3 is 3. The van der Waals surface area contributed by atoms with E-state index in [1.165, 1.54) is 0 Å². The molecule has 5 nitrogen and oxygen atoms in total. The molecule has 0 radical (unpaired) electrons. The quantitative estimate of drug-likeness (QED) is 0.856. The molecule has 0 spiro atoms. The normalized spacial score (nSPS) is 16.2. The van der Waals surface area contributed by atoms with Crippen molar-refractivity contribution in [3.63, 3.8) is 0 Å². The Balaban J connectivity index is 2.23. The van der Waals surface area contributed by atoms with E-state index in [1.807, 2.05) is 24.3 Å². The van der Waals surface area contributed by atoms with Gasteiger partial charge >= 0.3 is 0 Å². The van der Waals surface area contributed by atoms with Gasteiger partial charge in [-0.25, -0.2) is 0 Å². The van der Waals surface area contributed by atoms with Gasteiger partial charge in [-0.3, -0.25) is 4.79 Å². The average Bonchev–Trinajstić information content (AvgIpc) is 2.59. The third kappa shape index (κ3) is 2.82. The molecule has 1 amide bonds. The highest BCUT2D eigenvalue weighted by molar-refractivity contribution is 9.10. The van der Waals surface area contributed by atoms with Crippen molar-refractivity contribution in [1.82, 2.24) is 0 Å². The molecule has 3 rings (SSSR count). The number of fused-ring (bicyclic) bond motifs is 1. The topological polar surface area (TPSA) is 56.8 Å². The van der Waals surface area contributed by atoms with E-state index in [2.05, 4.69) is 21.2 Å². The van der Waals surface area contributed by atoms with Gasteiger partial charge in [0, 0.05) is 28.4 Å². The number of carbonyl (C=O) groups excluding carboxylic acids is 1. The molecule has 1 heterocycles. The highest BCUT2D eigenvalue weighted by atomic mass is 79.9. The number of anilines is 1. The Morgan fingerprint density at radius 3 is 2.29 bits per heavy atom. The molecule has 1 atom stereocenters. The molecule has 2 aromatic rings. The molecule has 0 aromatic heterocycles. The second kappa shape index (κ2) is 6.73. The van der Waals surface area contributed by atoms with Gasteiger partial charge in [0.05, 0.1) is 27.0 Å². The number of halogens is 1. The Morgan fingerprint density at radius 1 is 1.04 bits per heavy atom. The largest absolute Gasteiger partial charge is 0.493 e. The Labute approximate surface area is 149 Å². The zero-order valence-corrected chi connectivity index (χ0v) is 15.3. The van der Waals surface area contributed by atoms with Crippen molar-refractivity contribution in [2.45, 2.75) is 12.3 Å². The van der Waals surface area contributed by atoms with Gasteiger partial charge in [-0.15, -0.1) is 0 Å². The highest BCUT2D eigenvalue weighted by Crippen LogP contribution is 2.51. The summed E-state index contributed by atoms with van der Waals surface area (Å²) < 4.78 is 17.5. The standard InChI is InChI=1S/C18H18BrNO4/c1-22-14-9-13-16(18(24-3)17(14)23-2)12(8-15(21)20-13)10-4-6-11(19)7-5-10/h4-7,9,12H,8H2,1-3H3,(H,20,21)/t12-/m1/s1. The van der Waals surface area contributed by atoms with Gasteiger partial charge in [0.2, 0.25) is 11.7 Å². The summed E-state index contributed by atoms with van der Waals surface area (Å²) in [7, 11) is 4.72. The van der Waals surface area contributed by atoms with Crippen LogP contribution in [-0.4, -0.2) is 27.2 Å². The predicted octanol–water partition coefficient (Wildman–Crippen LogP) is 3.95. The first-order valence-electron chi connectivity index (χ1n) is 7.47. The Kier molecular flexibility index (Phi) is 4.66. The van der Waals surface area contributed by atoms with Crippen molar-refractivity contribution in [3.8, 4) is 17.2 Å². The van der Waals surface area contributed by atoms with Crippen LogP contribution in [0.4, 0.5) is 5.69 Å². The van der Waals surface area contributed by atoms with Gasteiger partial charge in [0.25, 0.3) is 0 Å². The highest BCUT2D eigenvalue weighted by Gasteiger charge is 2.33. The molecular formula is C18H18BrNO4. The summed E-state index contributed by atoms with van der Waals surface area (Å²) in [5, 5.41) is 2.91. The van der Waals surface area contributed by atoms with Gasteiger partial charge < -0.3 is 19.5 Å². The fourth-order valence-corrected chi connectivity index (χ4v) is 3.36. The molecule has 0 unspecified atom stereocenters. The van der Waals surface area contributed by atoms with Crippen LogP contribution in [0.3, 0.4) is 0 Å². The summed E-state index contributed by atoms with van der Waals surface area (Å²) >= 11 is 3.44. The summed E-state index contributed by atoms with van der Waals surface area (Å²) in [5.74, 6) is 1.47. The lowest BCUT2D eigenvalue weighted by Crippen LogP contribution is -2.24. The monoisotopic (exact) mass is 391 g/mol. The summed E-state index contributed by atoms with van der Waals surface area (Å²) in [6.45, 7) is 0. The average molecular weight is 392 g/mol. The Morgan fingerprint density at radius 2 is 1.71 bits per heavy atom. The van der Waals surface area contributed by atoms with E-state index >= 15 is 0 Å². The molecule has 1 aliphatic rings. The van der Waals surface area contributed by atoms with Gasteiger partial charge in [-0.2, -0.15) is 0 Å². The molecular weight excluding hydrogens is 374 g/mol. The van der Waals surface area contributed by atoms with Crippen LogP contribution >= 0.6 is 15.9 Å². The first-order chi connectivity index (χ1) is 11.6. The van der Waals surface area contributed by atoms with Crippen molar-refractivity contribution in [3.05, 3.63) is 45.9 Å². The number of nitrogens with one attached hydrogen (secondary N) is 1. The van der Waals surface area contributed by atoms with Gasteiger partial charge in [0.15, 0.2) is 11.5 Å². The SMILES string of the molecule is COc1cc2c(c(OC)c1OC)[C@@H](c1ccc(Br)cc1)CC(=O)N2. The molecule has 0 saturated heterocycles. The molecule has 0 saturated carbocycles. The van der Waals surface area contributed by atoms with E-state index in [0.29, 0.717) is 29.4 Å². The number of carbonyl (C=O) groups is 1. The third-order valence-corrected chi connectivity index (χ3v) is 4.68. The number of hydrogen-bond donors (Lipinski definition) is 1. The predicted molar refractivity (Wildman–Crippen MR) is 95.3 cm³/mol. The number of benzene rings is 2. The number of ether oxygens (including phenoxy) is 3. The Bertz CT molecular complexity index is 774. The van der Waals surface area contributed by atoms with Crippen LogP contribution in [0.1, 0.15) is 23.5 Å². The van der Waals surface area contributed by atoms with E-state index in [-0.39, 0.29) is 11.8 Å². The van der Waals surface area contributed by atoms with Crippen molar-refractivity contribution in [1.29, 1.82) is 0 Å². The first-order valence-corrected chi connectivity index (χ1v) is 8.26. The van der Waals surface area contributed by atoms with E-state index in [0.717, 1.165) is 15.6 Å². The second-order valence-corrected chi connectivity index (χ2v) is 6.38. The number of amides is 1. The summed E-state index contributed by atoms with van der Waals surface area (Å²) in [4.78, 5) is 12.2. The van der Waals surface area contributed by atoms with Crippen molar-refractivity contribution in [2.75, 3.05) is 26.6 Å². The van der Waals surface area contributed by atoms with Crippen LogP contribution in [0.2, 0.25) is 0 Å². The molecule has 126 valence electrons. The fraction of sp³-hybridized carbons (Fsp3) is 0.278. The van der Waals surface area contributed by atoms with Crippen LogP contribution in [0.25, 0.3) is 0 Å². The lowest BCUT2D eigenvalue weighted by Gasteiger charge is -2.29. The molecule has 1 N–H and O–H groups in total. The molecule has 1 aliphatic heterocycles. The Hall–Kier alpha value is -2.21. The smallest absolute Gasteiger partial charge is 0.225 e. The molecule has 6 heteroatoms. The summed E-state index contributed by atoms with van der Waals surface area (Å²) in [5.41, 5.74) is 2.63. The third-order valence-electron chi connectivity index (χ3n) is 4.15. The van der Waals surface area contributed by atoms with E-state index in [4.69, 9.17) is 14.2 Å². The van der Waals surface area contributed by atoms with Crippen LogP contribution < -0.4 is 19.5 Å². The molecule has 0 fully saturated rings.